The Morgan fingerprint density at radius 2 is 1.85 bits per heavy atom. The van der Waals surface area contributed by atoms with Gasteiger partial charge in [0.25, 0.3) is 5.91 Å². The zero-order valence-corrected chi connectivity index (χ0v) is 12.3. The molecule has 0 radical (unpaired) electrons. The lowest BCUT2D eigenvalue weighted by atomic mass is 9.88. The van der Waals surface area contributed by atoms with E-state index in [9.17, 15) is 4.79 Å². The number of nitrogens with two attached hydrogens (primary N) is 1. The molecule has 3 heteroatoms. The van der Waals surface area contributed by atoms with E-state index in [2.05, 4.69) is 19.2 Å². The van der Waals surface area contributed by atoms with Crippen LogP contribution in [0.5, 0.6) is 0 Å². The highest BCUT2D eigenvalue weighted by Crippen LogP contribution is 2.18. The summed E-state index contributed by atoms with van der Waals surface area (Å²) in [5, 5.41) is 5.26. The highest BCUT2D eigenvalue weighted by Gasteiger charge is 2.28. The van der Waals surface area contributed by atoms with Crippen LogP contribution in [-0.4, -0.2) is 18.0 Å². The number of fused-ring (bicyclic) bond motifs is 1. The molecule has 0 fully saturated rings. The van der Waals surface area contributed by atoms with Gasteiger partial charge in [-0.2, -0.15) is 0 Å². The maximum Gasteiger partial charge on any atom is 0.251 e. The average Bonchev–Trinajstić information content (AvgIpc) is 2.46. The van der Waals surface area contributed by atoms with Crippen molar-refractivity contribution in [2.24, 2.45) is 11.7 Å². The fourth-order valence-corrected chi connectivity index (χ4v) is 2.09. The average molecular weight is 270 g/mol. The normalized spacial score (nSPS) is 14.2. The van der Waals surface area contributed by atoms with Crippen molar-refractivity contribution >= 4 is 16.7 Å². The summed E-state index contributed by atoms with van der Waals surface area (Å²) in [6.45, 7) is 6.53. The second-order valence-corrected chi connectivity index (χ2v) is 5.79. The van der Waals surface area contributed by atoms with Gasteiger partial charge < -0.3 is 11.1 Å². The van der Waals surface area contributed by atoms with Gasteiger partial charge >= 0.3 is 0 Å². The third kappa shape index (κ3) is 2.83. The first kappa shape index (κ1) is 14.5. The number of hydrogen-bond acceptors (Lipinski definition) is 2. The molecule has 1 unspecified atom stereocenters. The van der Waals surface area contributed by atoms with Crippen molar-refractivity contribution in [3.05, 3.63) is 48.0 Å². The Labute approximate surface area is 120 Å². The van der Waals surface area contributed by atoms with E-state index in [1.807, 2.05) is 49.4 Å². The smallest absolute Gasteiger partial charge is 0.251 e. The Hall–Kier alpha value is -1.87. The van der Waals surface area contributed by atoms with Crippen molar-refractivity contribution in [2.75, 3.05) is 6.54 Å². The first-order chi connectivity index (χ1) is 9.46. The lowest BCUT2D eigenvalue weighted by Crippen LogP contribution is -2.55. The van der Waals surface area contributed by atoms with E-state index < -0.39 is 0 Å². The van der Waals surface area contributed by atoms with Gasteiger partial charge in [-0.1, -0.05) is 44.2 Å². The summed E-state index contributed by atoms with van der Waals surface area (Å²) in [7, 11) is 0. The molecule has 3 N–H and O–H groups in total. The molecule has 106 valence electrons. The van der Waals surface area contributed by atoms with Gasteiger partial charge in [0.15, 0.2) is 0 Å². The molecule has 2 rings (SSSR count). The van der Waals surface area contributed by atoms with Crippen LogP contribution in [0.2, 0.25) is 0 Å². The minimum atomic E-state index is -0.386. The molecular weight excluding hydrogens is 248 g/mol. The van der Waals surface area contributed by atoms with E-state index in [4.69, 9.17) is 5.73 Å². The van der Waals surface area contributed by atoms with E-state index >= 15 is 0 Å². The first-order valence-electron chi connectivity index (χ1n) is 6.97. The molecule has 0 aromatic heterocycles. The van der Waals surface area contributed by atoms with Crippen LogP contribution in [0.1, 0.15) is 31.1 Å². The molecule has 1 atom stereocenters. The van der Waals surface area contributed by atoms with Crippen LogP contribution < -0.4 is 11.1 Å². The van der Waals surface area contributed by atoms with Crippen molar-refractivity contribution in [1.82, 2.24) is 5.32 Å². The second kappa shape index (κ2) is 5.63. The Morgan fingerprint density at radius 1 is 1.20 bits per heavy atom. The molecule has 3 nitrogen and oxygen atoms in total. The number of rotatable bonds is 4. The van der Waals surface area contributed by atoms with Crippen LogP contribution in [0, 0.1) is 5.92 Å². The maximum absolute atomic E-state index is 12.4. The summed E-state index contributed by atoms with van der Waals surface area (Å²) < 4.78 is 0. The Balaban J connectivity index is 2.27. The van der Waals surface area contributed by atoms with Crippen LogP contribution >= 0.6 is 0 Å². The van der Waals surface area contributed by atoms with Crippen molar-refractivity contribution in [3.8, 4) is 0 Å². The fourth-order valence-electron chi connectivity index (χ4n) is 2.09. The summed E-state index contributed by atoms with van der Waals surface area (Å²) in [5.41, 5.74) is 6.09. The summed E-state index contributed by atoms with van der Waals surface area (Å²) in [5.74, 6) is 0.203. The quantitative estimate of drug-likeness (QED) is 0.897. The van der Waals surface area contributed by atoms with Crippen molar-refractivity contribution < 1.29 is 4.79 Å². The van der Waals surface area contributed by atoms with Crippen LogP contribution in [0.15, 0.2) is 42.5 Å². The van der Waals surface area contributed by atoms with Gasteiger partial charge in [-0.05, 0) is 35.7 Å². The summed E-state index contributed by atoms with van der Waals surface area (Å²) in [6, 6.07) is 13.8. The Kier molecular flexibility index (Phi) is 4.09. The van der Waals surface area contributed by atoms with Crippen LogP contribution in [0.4, 0.5) is 0 Å². The monoisotopic (exact) mass is 270 g/mol. The predicted molar refractivity (Wildman–Crippen MR) is 83.7 cm³/mol. The van der Waals surface area contributed by atoms with E-state index in [0.717, 1.165) is 10.8 Å². The van der Waals surface area contributed by atoms with Gasteiger partial charge in [-0.15, -0.1) is 0 Å². The molecule has 0 heterocycles. The third-order valence-electron chi connectivity index (χ3n) is 4.11. The maximum atomic E-state index is 12.4. The Morgan fingerprint density at radius 3 is 2.45 bits per heavy atom. The molecule has 0 aliphatic heterocycles. The molecule has 2 aromatic rings. The van der Waals surface area contributed by atoms with Gasteiger partial charge in [0.2, 0.25) is 0 Å². The van der Waals surface area contributed by atoms with Crippen LogP contribution in [-0.2, 0) is 0 Å². The molecule has 0 spiro atoms. The first-order valence-corrected chi connectivity index (χ1v) is 6.97. The number of amides is 1. The SMILES string of the molecule is CC(C)C(C)(CN)NC(=O)c1ccc2ccccc2c1. The lowest BCUT2D eigenvalue weighted by molar-refractivity contribution is 0.0883. The standard InChI is InChI=1S/C17H22N2O/c1-12(2)17(3,11-18)19-16(20)15-9-8-13-6-4-5-7-14(13)10-15/h4-10,12H,11,18H2,1-3H3,(H,19,20). The number of carbonyl (C=O) groups is 1. The number of nitrogens with one attached hydrogen (secondary N) is 1. The molecule has 2 aromatic carbocycles. The lowest BCUT2D eigenvalue weighted by Gasteiger charge is -2.33. The van der Waals surface area contributed by atoms with Gasteiger partial charge in [-0.25, -0.2) is 0 Å². The van der Waals surface area contributed by atoms with Gasteiger partial charge in [0.05, 0.1) is 5.54 Å². The summed E-state index contributed by atoms with van der Waals surface area (Å²) >= 11 is 0. The molecule has 20 heavy (non-hydrogen) atoms. The molecule has 0 bridgehead atoms. The van der Waals surface area contributed by atoms with E-state index in [0.29, 0.717) is 12.1 Å². The topological polar surface area (TPSA) is 55.1 Å². The molecule has 0 aliphatic rings. The third-order valence-corrected chi connectivity index (χ3v) is 4.11. The fraction of sp³-hybridized carbons (Fsp3) is 0.353. The van der Waals surface area contributed by atoms with Crippen LogP contribution in [0.3, 0.4) is 0 Å². The predicted octanol–water partition coefficient (Wildman–Crippen LogP) is 2.94. The van der Waals surface area contributed by atoms with Gasteiger partial charge in [0.1, 0.15) is 0 Å². The largest absolute Gasteiger partial charge is 0.345 e. The zero-order chi connectivity index (χ0) is 14.8. The van der Waals surface area contributed by atoms with Crippen molar-refractivity contribution in [2.45, 2.75) is 26.3 Å². The van der Waals surface area contributed by atoms with E-state index in [1.165, 1.54) is 0 Å². The summed E-state index contributed by atoms with van der Waals surface area (Å²) in [4.78, 5) is 12.4. The van der Waals surface area contributed by atoms with Crippen molar-refractivity contribution in [1.29, 1.82) is 0 Å². The second-order valence-electron chi connectivity index (χ2n) is 5.79. The zero-order valence-electron chi connectivity index (χ0n) is 12.3. The Bertz CT molecular complexity index is 621. The van der Waals surface area contributed by atoms with Gasteiger partial charge in [-0.3, -0.25) is 4.79 Å². The minimum Gasteiger partial charge on any atom is -0.345 e. The van der Waals surface area contributed by atoms with Gasteiger partial charge in [0, 0.05) is 12.1 Å². The number of benzene rings is 2. The molecular formula is C17H22N2O. The number of carbonyl (C=O) groups excluding carboxylic acids is 1. The molecule has 0 aliphatic carbocycles. The highest BCUT2D eigenvalue weighted by atomic mass is 16.1. The molecule has 0 saturated heterocycles. The molecule has 0 saturated carbocycles. The van der Waals surface area contributed by atoms with Crippen molar-refractivity contribution in [3.63, 3.8) is 0 Å². The number of hydrogen-bond donors (Lipinski definition) is 2. The molecule has 1 amide bonds. The summed E-state index contributed by atoms with van der Waals surface area (Å²) in [6.07, 6.45) is 0. The van der Waals surface area contributed by atoms with E-state index in [-0.39, 0.29) is 17.4 Å². The van der Waals surface area contributed by atoms with E-state index in [1.54, 1.807) is 0 Å². The minimum absolute atomic E-state index is 0.0718. The highest BCUT2D eigenvalue weighted by molar-refractivity contribution is 5.98. The van der Waals surface area contributed by atoms with Crippen LogP contribution in [0.25, 0.3) is 10.8 Å².